The molecule has 0 spiro atoms. The molecule has 0 aliphatic carbocycles. The van der Waals surface area contributed by atoms with Gasteiger partial charge in [0, 0.05) is 5.69 Å². The van der Waals surface area contributed by atoms with E-state index in [1.807, 2.05) is 0 Å². The van der Waals surface area contributed by atoms with Crippen molar-refractivity contribution in [3.8, 4) is 0 Å². The van der Waals surface area contributed by atoms with Crippen LogP contribution in [0.2, 0.25) is 0 Å². The van der Waals surface area contributed by atoms with Crippen molar-refractivity contribution in [1.29, 1.82) is 0 Å². The van der Waals surface area contributed by atoms with Gasteiger partial charge in [-0.1, -0.05) is 0 Å². The molecule has 0 aromatic heterocycles. The van der Waals surface area contributed by atoms with E-state index in [9.17, 15) is 9.18 Å². The lowest BCUT2D eigenvalue weighted by Gasteiger charge is -2.06. The molecule has 0 bridgehead atoms. The molecule has 1 aromatic carbocycles. The maximum Gasteiger partial charge on any atom is 0.309 e. The maximum atomic E-state index is 13.2. The lowest BCUT2D eigenvalue weighted by Crippen LogP contribution is -2.07. The number of carbonyl (C=O) groups excluding carboxylic acids is 1. The molecule has 0 atom stereocenters. The molecule has 1 rings (SSSR count). The van der Waals surface area contributed by atoms with Crippen LogP contribution in [-0.2, 0) is 16.0 Å². The average molecular weight is 197 g/mol. The Bertz CT molecular complexity index is 363. The number of hydrogen-bond donors (Lipinski definition) is 1. The van der Waals surface area contributed by atoms with Gasteiger partial charge in [-0.25, -0.2) is 4.39 Å². The van der Waals surface area contributed by atoms with Gasteiger partial charge in [-0.15, -0.1) is 0 Å². The van der Waals surface area contributed by atoms with Crippen LogP contribution >= 0.6 is 0 Å². The van der Waals surface area contributed by atoms with Crippen LogP contribution in [0.25, 0.3) is 0 Å². The minimum Gasteiger partial charge on any atom is -0.469 e. The molecule has 0 heterocycles. The summed E-state index contributed by atoms with van der Waals surface area (Å²) in [6.07, 6.45) is 0.0459. The summed E-state index contributed by atoms with van der Waals surface area (Å²) in [6.45, 7) is 1.60. The zero-order valence-electron chi connectivity index (χ0n) is 8.13. The largest absolute Gasteiger partial charge is 0.469 e. The van der Waals surface area contributed by atoms with Crippen molar-refractivity contribution in [1.82, 2.24) is 0 Å². The highest BCUT2D eigenvalue weighted by molar-refractivity contribution is 5.73. The molecule has 76 valence electrons. The number of anilines is 1. The lowest BCUT2D eigenvalue weighted by atomic mass is 10.0. The molecule has 0 aliphatic heterocycles. The Hall–Kier alpha value is -1.58. The molecule has 0 fully saturated rings. The molecule has 0 aliphatic rings. The van der Waals surface area contributed by atoms with Gasteiger partial charge in [0.25, 0.3) is 0 Å². The fraction of sp³-hybridized carbons (Fsp3) is 0.300. The molecule has 3 nitrogen and oxygen atoms in total. The van der Waals surface area contributed by atoms with E-state index in [1.165, 1.54) is 13.2 Å². The molecule has 0 saturated heterocycles. The van der Waals surface area contributed by atoms with Crippen LogP contribution in [0.1, 0.15) is 11.1 Å². The predicted octanol–water partition coefficient (Wildman–Crippen LogP) is 1.43. The summed E-state index contributed by atoms with van der Waals surface area (Å²) in [6, 6.07) is 2.81. The second-order valence-electron chi connectivity index (χ2n) is 3.04. The Balaban J connectivity index is 3.02. The van der Waals surface area contributed by atoms with E-state index in [1.54, 1.807) is 13.0 Å². The molecule has 2 N–H and O–H groups in total. The quantitative estimate of drug-likeness (QED) is 0.576. The monoisotopic (exact) mass is 197 g/mol. The first-order valence-corrected chi connectivity index (χ1v) is 4.16. The van der Waals surface area contributed by atoms with Crippen molar-refractivity contribution in [3.05, 3.63) is 29.1 Å². The van der Waals surface area contributed by atoms with E-state index >= 15 is 0 Å². The first-order valence-electron chi connectivity index (χ1n) is 4.16. The van der Waals surface area contributed by atoms with E-state index in [4.69, 9.17) is 5.73 Å². The molecular weight excluding hydrogens is 185 g/mol. The summed E-state index contributed by atoms with van der Waals surface area (Å²) in [4.78, 5) is 11.0. The highest BCUT2D eigenvalue weighted by Gasteiger charge is 2.09. The number of hydrogen-bond acceptors (Lipinski definition) is 3. The van der Waals surface area contributed by atoms with E-state index in [-0.39, 0.29) is 6.42 Å². The number of methoxy groups -OCH3 is 1. The zero-order chi connectivity index (χ0) is 10.7. The van der Waals surface area contributed by atoms with Crippen molar-refractivity contribution in [2.24, 2.45) is 0 Å². The molecule has 14 heavy (non-hydrogen) atoms. The van der Waals surface area contributed by atoms with Gasteiger partial charge in [0.1, 0.15) is 5.82 Å². The number of halogens is 1. The van der Waals surface area contributed by atoms with Crippen LogP contribution < -0.4 is 5.73 Å². The van der Waals surface area contributed by atoms with Gasteiger partial charge in [-0.05, 0) is 30.2 Å². The van der Waals surface area contributed by atoms with Crippen LogP contribution in [0.4, 0.5) is 10.1 Å². The molecule has 0 amide bonds. The Kier molecular flexibility index (Phi) is 3.06. The van der Waals surface area contributed by atoms with Crippen molar-refractivity contribution < 1.29 is 13.9 Å². The van der Waals surface area contributed by atoms with Gasteiger partial charge in [0.05, 0.1) is 13.5 Å². The molecule has 4 heteroatoms. The minimum absolute atomic E-state index is 0.0459. The molecular formula is C10H12FNO2. The second kappa shape index (κ2) is 4.09. The normalized spacial score (nSPS) is 9.93. The highest BCUT2D eigenvalue weighted by Crippen LogP contribution is 2.17. The van der Waals surface area contributed by atoms with Gasteiger partial charge >= 0.3 is 5.97 Å². The summed E-state index contributed by atoms with van der Waals surface area (Å²) in [5, 5.41) is 0. The number of benzene rings is 1. The summed E-state index contributed by atoms with van der Waals surface area (Å²) >= 11 is 0. The average Bonchev–Trinajstić information content (AvgIpc) is 2.13. The summed E-state index contributed by atoms with van der Waals surface area (Å²) in [5.74, 6) is -0.804. The van der Waals surface area contributed by atoms with Gasteiger partial charge < -0.3 is 10.5 Å². The first kappa shape index (κ1) is 10.5. The molecule has 1 aromatic rings. The van der Waals surface area contributed by atoms with Gasteiger partial charge in [0.2, 0.25) is 0 Å². The fourth-order valence-electron chi connectivity index (χ4n) is 1.17. The van der Waals surface area contributed by atoms with Gasteiger partial charge in [-0.3, -0.25) is 4.79 Å². The van der Waals surface area contributed by atoms with Gasteiger partial charge in [-0.2, -0.15) is 0 Å². The summed E-state index contributed by atoms with van der Waals surface area (Å²) < 4.78 is 17.6. The van der Waals surface area contributed by atoms with E-state index in [0.717, 1.165) is 0 Å². The van der Waals surface area contributed by atoms with Crippen molar-refractivity contribution in [2.45, 2.75) is 13.3 Å². The number of carbonyl (C=O) groups is 1. The lowest BCUT2D eigenvalue weighted by molar-refractivity contribution is -0.139. The minimum atomic E-state index is -0.405. The standard InChI is InChI=1S/C10H12FNO2/c1-6-7(4-10(13)14-2)3-8(12)5-9(6)11/h3,5H,4,12H2,1-2H3. The summed E-state index contributed by atoms with van der Waals surface area (Å²) in [7, 11) is 1.29. The van der Waals surface area contributed by atoms with Crippen LogP contribution in [-0.4, -0.2) is 13.1 Å². The molecule has 0 radical (unpaired) electrons. The van der Waals surface area contributed by atoms with E-state index in [2.05, 4.69) is 4.74 Å². The van der Waals surface area contributed by atoms with Crippen LogP contribution in [0.3, 0.4) is 0 Å². The molecule has 0 unspecified atom stereocenters. The van der Waals surface area contributed by atoms with Crippen LogP contribution in [0.5, 0.6) is 0 Å². The molecule has 0 saturated carbocycles. The van der Waals surface area contributed by atoms with Gasteiger partial charge in [0.15, 0.2) is 0 Å². The van der Waals surface area contributed by atoms with E-state index < -0.39 is 11.8 Å². The third kappa shape index (κ3) is 2.22. The predicted molar refractivity (Wildman–Crippen MR) is 51.3 cm³/mol. The second-order valence-corrected chi connectivity index (χ2v) is 3.04. The Morgan fingerprint density at radius 3 is 2.79 bits per heavy atom. The maximum absolute atomic E-state index is 13.2. The fourth-order valence-corrected chi connectivity index (χ4v) is 1.17. The van der Waals surface area contributed by atoms with E-state index in [0.29, 0.717) is 16.8 Å². The van der Waals surface area contributed by atoms with Crippen molar-refractivity contribution in [3.63, 3.8) is 0 Å². The SMILES string of the molecule is COC(=O)Cc1cc(N)cc(F)c1C. The first-order chi connectivity index (χ1) is 6.54. The number of rotatable bonds is 2. The number of esters is 1. The Morgan fingerprint density at radius 2 is 2.21 bits per heavy atom. The Morgan fingerprint density at radius 1 is 1.57 bits per heavy atom. The van der Waals surface area contributed by atoms with Crippen molar-refractivity contribution >= 4 is 11.7 Å². The smallest absolute Gasteiger partial charge is 0.309 e. The van der Waals surface area contributed by atoms with Crippen LogP contribution in [0.15, 0.2) is 12.1 Å². The topological polar surface area (TPSA) is 52.3 Å². The number of nitrogens with two attached hydrogens (primary N) is 1. The third-order valence-corrected chi connectivity index (χ3v) is 2.04. The zero-order valence-corrected chi connectivity index (χ0v) is 8.13. The Labute approximate surface area is 81.7 Å². The third-order valence-electron chi connectivity index (χ3n) is 2.04. The van der Waals surface area contributed by atoms with Crippen molar-refractivity contribution in [2.75, 3.05) is 12.8 Å². The highest BCUT2D eigenvalue weighted by atomic mass is 19.1. The summed E-state index contributed by atoms with van der Waals surface area (Å²) in [5.41, 5.74) is 6.76. The number of ether oxygens (including phenoxy) is 1. The van der Waals surface area contributed by atoms with Crippen LogP contribution in [0, 0.1) is 12.7 Å². The number of nitrogen functional groups attached to an aromatic ring is 1.